The molecular formula is C27H22I2N2O5. The third-order valence-corrected chi connectivity index (χ3v) is 6.39. The number of hydrogen-bond acceptors (Lipinski definition) is 6. The van der Waals surface area contributed by atoms with E-state index in [1.165, 1.54) is 25.3 Å². The zero-order valence-corrected chi connectivity index (χ0v) is 23.8. The third kappa shape index (κ3) is 7.44. The van der Waals surface area contributed by atoms with Crippen LogP contribution in [0, 0.1) is 18.5 Å². The summed E-state index contributed by atoms with van der Waals surface area (Å²) in [7, 11) is 1.29. The third-order valence-electron chi connectivity index (χ3n) is 4.87. The molecule has 184 valence electrons. The fourth-order valence-electron chi connectivity index (χ4n) is 3.13. The lowest BCUT2D eigenvalue weighted by Crippen LogP contribution is -2.13. The van der Waals surface area contributed by atoms with E-state index < -0.39 is 11.9 Å². The molecule has 0 saturated heterocycles. The number of carbonyl (C=O) groups is 2. The van der Waals surface area contributed by atoms with Crippen molar-refractivity contribution in [3.05, 3.63) is 90.1 Å². The van der Waals surface area contributed by atoms with Crippen molar-refractivity contribution in [1.29, 1.82) is 5.26 Å². The number of rotatable bonds is 9. The molecule has 9 heteroatoms. The zero-order chi connectivity index (χ0) is 26.1. The molecule has 0 saturated carbocycles. The van der Waals surface area contributed by atoms with Gasteiger partial charge in [-0.1, -0.05) is 12.1 Å². The van der Waals surface area contributed by atoms with E-state index >= 15 is 0 Å². The van der Waals surface area contributed by atoms with Gasteiger partial charge < -0.3 is 19.5 Å². The highest BCUT2D eigenvalue weighted by molar-refractivity contribution is 14.1. The molecule has 3 rings (SSSR count). The molecule has 3 aromatic carbocycles. The fraction of sp³-hybridized carbons (Fsp3) is 0.148. The minimum atomic E-state index is -0.574. The monoisotopic (exact) mass is 708 g/mol. The van der Waals surface area contributed by atoms with Crippen LogP contribution in [0.3, 0.4) is 0 Å². The number of nitriles is 1. The Bertz CT molecular complexity index is 1310. The molecule has 0 aliphatic carbocycles. The van der Waals surface area contributed by atoms with E-state index in [-0.39, 0.29) is 5.57 Å². The normalized spacial score (nSPS) is 10.8. The van der Waals surface area contributed by atoms with Crippen molar-refractivity contribution in [3.8, 4) is 17.6 Å². The molecule has 0 fully saturated rings. The Kier molecular flexibility index (Phi) is 10.1. The van der Waals surface area contributed by atoms with E-state index in [2.05, 4.69) is 55.2 Å². The summed E-state index contributed by atoms with van der Waals surface area (Å²) >= 11 is 4.40. The minimum absolute atomic E-state index is 0.0853. The van der Waals surface area contributed by atoms with Crippen molar-refractivity contribution in [2.24, 2.45) is 0 Å². The number of ether oxygens (including phenoxy) is 3. The summed E-state index contributed by atoms with van der Waals surface area (Å²) in [4.78, 5) is 24.3. The maximum atomic E-state index is 12.7. The molecule has 0 aromatic heterocycles. The van der Waals surface area contributed by atoms with E-state index in [4.69, 9.17) is 9.47 Å². The number of amides is 1. The van der Waals surface area contributed by atoms with Crippen molar-refractivity contribution in [2.75, 3.05) is 19.0 Å². The van der Waals surface area contributed by atoms with Crippen molar-refractivity contribution in [3.63, 3.8) is 0 Å². The lowest BCUT2D eigenvalue weighted by molar-refractivity contribution is -0.112. The molecule has 0 aliphatic heterocycles. The smallest absolute Gasteiger partial charge is 0.337 e. The number of carbonyl (C=O) groups excluding carboxylic acids is 2. The Labute approximate surface area is 236 Å². The van der Waals surface area contributed by atoms with Crippen LogP contribution in [0.2, 0.25) is 0 Å². The lowest BCUT2D eigenvalue weighted by Gasteiger charge is -2.15. The summed E-state index contributed by atoms with van der Waals surface area (Å²) in [6.07, 6.45) is 1.49. The van der Waals surface area contributed by atoms with Gasteiger partial charge in [0.25, 0.3) is 5.91 Å². The first-order chi connectivity index (χ1) is 17.3. The Morgan fingerprint density at radius 1 is 1.03 bits per heavy atom. The molecule has 1 N–H and O–H groups in total. The summed E-state index contributed by atoms with van der Waals surface area (Å²) in [5.41, 5.74) is 2.36. The van der Waals surface area contributed by atoms with Gasteiger partial charge in [0.15, 0.2) is 11.5 Å². The molecule has 0 unspecified atom stereocenters. The average Bonchev–Trinajstić information content (AvgIpc) is 2.88. The van der Waals surface area contributed by atoms with Gasteiger partial charge in [-0.2, -0.15) is 5.26 Å². The molecule has 0 aliphatic rings. The number of methoxy groups -OCH3 is 1. The minimum Gasteiger partial charge on any atom is -0.490 e. The molecule has 36 heavy (non-hydrogen) atoms. The predicted octanol–water partition coefficient (Wildman–Crippen LogP) is 6.21. The molecule has 0 spiro atoms. The first-order valence-corrected chi connectivity index (χ1v) is 13.0. The molecule has 0 radical (unpaired) electrons. The van der Waals surface area contributed by atoms with E-state index in [0.717, 1.165) is 12.7 Å². The highest BCUT2D eigenvalue weighted by Crippen LogP contribution is 2.35. The number of esters is 1. The predicted molar refractivity (Wildman–Crippen MR) is 154 cm³/mol. The van der Waals surface area contributed by atoms with Crippen LogP contribution in [0.15, 0.2) is 66.2 Å². The second-order valence-electron chi connectivity index (χ2n) is 7.37. The van der Waals surface area contributed by atoms with Gasteiger partial charge >= 0.3 is 5.97 Å². The Hall–Kier alpha value is -3.11. The highest BCUT2D eigenvalue weighted by atomic mass is 127. The van der Waals surface area contributed by atoms with E-state index in [1.807, 2.05) is 43.3 Å². The standard InChI is InChI=1S/C27H22I2N2O5/c1-3-35-24-14-18(13-23(29)25(24)36-16-17-4-8-21(28)9-5-17)12-20(15-30)26(32)31-22-10-6-19(7-11-22)27(33)34-2/h4-14H,3,16H2,1-2H3,(H,31,32)/b20-12+. The molecule has 1 amide bonds. The van der Waals surface area contributed by atoms with Gasteiger partial charge in [-0.15, -0.1) is 0 Å². The van der Waals surface area contributed by atoms with Gasteiger partial charge in [-0.3, -0.25) is 4.79 Å². The van der Waals surface area contributed by atoms with E-state index in [9.17, 15) is 14.9 Å². The summed E-state index contributed by atoms with van der Waals surface area (Å²) < 4.78 is 18.5. The van der Waals surface area contributed by atoms with Crippen LogP contribution in [0.5, 0.6) is 11.5 Å². The largest absolute Gasteiger partial charge is 0.490 e. The Balaban J connectivity index is 1.80. The van der Waals surface area contributed by atoms with Gasteiger partial charge in [0.1, 0.15) is 18.2 Å². The van der Waals surface area contributed by atoms with E-state index in [1.54, 1.807) is 18.2 Å². The molecular weight excluding hydrogens is 686 g/mol. The maximum Gasteiger partial charge on any atom is 0.337 e. The number of benzene rings is 3. The Morgan fingerprint density at radius 3 is 2.33 bits per heavy atom. The summed E-state index contributed by atoms with van der Waals surface area (Å²) in [6, 6.07) is 19.7. The molecule has 0 atom stereocenters. The van der Waals surface area contributed by atoms with Crippen LogP contribution in [0.4, 0.5) is 5.69 Å². The van der Waals surface area contributed by atoms with Gasteiger partial charge in [-0.25, -0.2) is 4.79 Å². The number of nitrogens with zero attached hydrogens (tertiary/aromatic N) is 1. The second-order valence-corrected chi connectivity index (χ2v) is 9.78. The first kappa shape index (κ1) is 27.5. The number of halogens is 2. The first-order valence-electron chi connectivity index (χ1n) is 10.8. The number of hydrogen-bond donors (Lipinski definition) is 1. The van der Waals surface area contributed by atoms with Crippen molar-refractivity contribution < 1.29 is 23.8 Å². The average molecular weight is 708 g/mol. The SMILES string of the molecule is CCOc1cc(/C=C(\C#N)C(=O)Nc2ccc(C(=O)OC)cc2)cc(I)c1OCc1ccc(I)cc1. The molecule has 3 aromatic rings. The number of anilines is 1. The highest BCUT2D eigenvalue weighted by Gasteiger charge is 2.15. The van der Waals surface area contributed by atoms with Gasteiger partial charge in [0, 0.05) is 9.26 Å². The van der Waals surface area contributed by atoms with Gasteiger partial charge in [0.05, 0.1) is 22.9 Å². The van der Waals surface area contributed by atoms with Crippen molar-refractivity contribution in [1.82, 2.24) is 0 Å². The van der Waals surface area contributed by atoms with Crippen molar-refractivity contribution in [2.45, 2.75) is 13.5 Å². The quantitative estimate of drug-likeness (QED) is 0.123. The van der Waals surface area contributed by atoms with Crippen LogP contribution < -0.4 is 14.8 Å². The molecule has 0 bridgehead atoms. The van der Waals surface area contributed by atoms with Crippen LogP contribution in [0.25, 0.3) is 6.08 Å². The second kappa shape index (κ2) is 13.3. The summed E-state index contributed by atoms with van der Waals surface area (Å²) in [5.74, 6) is 0.0746. The van der Waals surface area contributed by atoms with Crippen molar-refractivity contribution >= 4 is 68.8 Å². The summed E-state index contributed by atoms with van der Waals surface area (Å²) in [5, 5.41) is 12.3. The van der Waals surface area contributed by atoms with Crippen LogP contribution in [0.1, 0.15) is 28.4 Å². The van der Waals surface area contributed by atoms with Gasteiger partial charge in [-0.05, 0) is 118 Å². The van der Waals surface area contributed by atoms with Crippen LogP contribution in [-0.4, -0.2) is 25.6 Å². The van der Waals surface area contributed by atoms with Gasteiger partial charge in [0.2, 0.25) is 0 Å². The molecule has 7 nitrogen and oxygen atoms in total. The zero-order valence-electron chi connectivity index (χ0n) is 19.5. The van der Waals surface area contributed by atoms with Crippen LogP contribution >= 0.6 is 45.2 Å². The lowest BCUT2D eigenvalue weighted by atomic mass is 10.1. The summed E-state index contributed by atoms with van der Waals surface area (Å²) in [6.45, 7) is 2.68. The Morgan fingerprint density at radius 2 is 1.72 bits per heavy atom. The van der Waals surface area contributed by atoms with E-state index in [0.29, 0.717) is 41.5 Å². The van der Waals surface area contributed by atoms with Crippen LogP contribution in [-0.2, 0) is 16.1 Å². The number of nitrogens with one attached hydrogen (secondary N) is 1. The fourth-order valence-corrected chi connectivity index (χ4v) is 4.27. The molecule has 0 heterocycles. The maximum absolute atomic E-state index is 12.7. The topological polar surface area (TPSA) is 97.7 Å².